The molecule has 1 aliphatic rings. The molecule has 2 amide bonds. The molecule has 6 nitrogen and oxygen atoms in total. The number of ether oxygens (including phenoxy) is 2. The summed E-state index contributed by atoms with van der Waals surface area (Å²) in [4.78, 5) is 25.4. The van der Waals surface area contributed by atoms with Crippen LogP contribution in [0.4, 0.5) is 18.0 Å². The molecule has 0 bridgehead atoms. The van der Waals surface area contributed by atoms with Crippen molar-refractivity contribution >= 4 is 12.0 Å². The lowest BCUT2D eigenvalue weighted by molar-refractivity contribution is -0.184. The molecule has 1 N–H and O–H groups in total. The molecule has 33 heavy (non-hydrogen) atoms. The van der Waals surface area contributed by atoms with E-state index in [1.807, 2.05) is 6.07 Å². The normalized spacial score (nSPS) is 15.9. The van der Waals surface area contributed by atoms with Gasteiger partial charge in [0.25, 0.3) is 0 Å². The van der Waals surface area contributed by atoms with E-state index in [0.29, 0.717) is 35.5 Å². The van der Waals surface area contributed by atoms with Gasteiger partial charge in [0.1, 0.15) is 12.4 Å². The zero-order chi connectivity index (χ0) is 23.8. The molecule has 0 saturated carbocycles. The number of alkyl carbamates (subject to hydrolysis) is 1. The molecule has 0 saturated heterocycles. The number of alkyl halides is 3. The van der Waals surface area contributed by atoms with Gasteiger partial charge in [0.05, 0.1) is 19.7 Å². The Balaban J connectivity index is 1.76. The SMILES string of the molecule is COc1ccc(CN(C(=O)C(F)(F)F)C2=CCCCC2NC(=O)OCc2ccccc2)cc1. The van der Waals surface area contributed by atoms with Crippen molar-refractivity contribution in [1.29, 1.82) is 0 Å². The van der Waals surface area contributed by atoms with E-state index in [0.717, 1.165) is 5.56 Å². The van der Waals surface area contributed by atoms with Crippen LogP contribution in [0.15, 0.2) is 66.4 Å². The van der Waals surface area contributed by atoms with Crippen LogP contribution < -0.4 is 10.1 Å². The lowest BCUT2D eigenvalue weighted by atomic mass is 9.97. The van der Waals surface area contributed by atoms with Crippen molar-refractivity contribution in [1.82, 2.24) is 10.2 Å². The summed E-state index contributed by atoms with van der Waals surface area (Å²) in [7, 11) is 1.48. The quantitative estimate of drug-likeness (QED) is 0.632. The van der Waals surface area contributed by atoms with Crippen LogP contribution in [0, 0.1) is 0 Å². The van der Waals surface area contributed by atoms with Crippen molar-refractivity contribution in [3.05, 3.63) is 77.5 Å². The number of amides is 2. The molecular formula is C24H25F3N2O4. The Morgan fingerprint density at radius 1 is 1.06 bits per heavy atom. The summed E-state index contributed by atoms with van der Waals surface area (Å²) < 4.78 is 50.6. The third-order valence-electron chi connectivity index (χ3n) is 5.21. The second-order valence-electron chi connectivity index (χ2n) is 7.56. The van der Waals surface area contributed by atoms with Crippen LogP contribution in [-0.4, -0.2) is 36.2 Å². The summed E-state index contributed by atoms with van der Waals surface area (Å²) in [6, 6.07) is 14.6. The number of benzene rings is 2. The molecule has 0 aromatic heterocycles. The van der Waals surface area contributed by atoms with Crippen LogP contribution in [0.2, 0.25) is 0 Å². The number of rotatable bonds is 7. The van der Waals surface area contributed by atoms with E-state index >= 15 is 0 Å². The first kappa shape index (κ1) is 24.2. The van der Waals surface area contributed by atoms with Gasteiger partial charge in [-0.15, -0.1) is 0 Å². The second kappa shape index (κ2) is 10.9. The molecule has 0 heterocycles. The van der Waals surface area contributed by atoms with Gasteiger partial charge in [-0.05, 0) is 42.5 Å². The summed E-state index contributed by atoms with van der Waals surface area (Å²) in [5.41, 5.74) is 1.38. The van der Waals surface area contributed by atoms with E-state index < -0.39 is 24.2 Å². The monoisotopic (exact) mass is 462 g/mol. The lowest BCUT2D eigenvalue weighted by Crippen LogP contribution is -2.48. The average Bonchev–Trinajstić information content (AvgIpc) is 2.82. The Hall–Kier alpha value is -3.49. The first-order chi connectivity index (χ1) is 15.8. The summed E-state index contributed by atoms with van der Waals surface area (Å²) >= 11 is 0. The highest BCUT2D eigenvalue weighted by atomic mass is 19.4. The fourth-order valence-corrected chi connectivity index (χ4v) is 3.56. The second-order valence-corrected chi connectivity index (χ2v) is 7.56. The van der Waals surface area contributed by atoms with Crippen LogP contribution in [0.25, 0.3) is 0 Å². The van der Waals surface area contributed by atoms with Gasteiger partial charge in [-0.3, -0.25) is 4.79 Å². The number of nitrogens with zero attached hydrogens (tertiary/aromatic N) is 1. The summed E-state index contributed by atoms with van der Waals surface area (Å²) in [6.07, 6.45) is -2.72. The predicted octanol–water partition coefficient (Wildman–Crippen LogP) is 4.95. The highest BCUT2D eigenvalue weighted by molar-refractivity contribution is 5.84. The molecule has 0 radical (unpaired) electrons. The summed E-state index contributed by atoms with van der Waals surface area (Å²) in [6.45, 7) is -0.277. The number of carbonyl (C=O) groups excluding carboxylic acids is 2. The fraction of sp³-hybridized carbons (Fsp3) is 0.333. The van der Waals surface area contributed by atoms with Crippen LogP contribution in [-0.2, 0) is 22.7 Å². The largest absolute Gasteiger partial charge is 0.497 e. The smallest absolute Gasteiger partial charge is 0.471 e. The highest BCUT2D eigenvalue weighted by Gasteiger charge is 2.45. The van der Waals surface area contributed by atoms with Gasteiger partial charge >= 0.3 is 18.2 Å². The van der Waals surface area contributed by atoms with Crippen LogP contribution in [0.1, 0.15) is 30.4 Å². The van der Waals surface area contributed by atoms with Gasteiger partial charge in [0.2, 0.25) is 0 Å². The molecular weight excluding hydrogens is 437 g/mol. The first-order valence-electron chi connectivity index (χ1n) is 10.5. The third kappa shape index (κ3) is 6.74. The molecule has 1 aliphatic carbocycles. The van der Waals surface area contributed by atoms with Crippen molar-refractivity contribution in [2.75, 3.05) is 7.11 Å². The average molecular weight is 462 g/mol. The Kier molecular flexibility index (Phi) is 7.97. The van der Waals surface area contributed by atoms with Crippen molar-refractivity contribution in [3.8, 4) is 5.75 Å². The number of methoxy groups -OCH3 is 1. The Labute approximate surface area is 190 Å². The molecule has 9 heteroatoms. The maximum Gasteiger partial charge on any atom is 0.471 e. The van der Waals surface area contributed by atoms with E-state index in [9.17, 15) is 22.8 Å². The van der Waals surface area contributed by atoms with Gasteiger partial charge in [-0.25, -0.2) is 4.79 Å². The topological polar surface area (TPSA) is 67.9 Å². The number of allylic oxidation sites excluding steroid dienone is 1. The fourth-order valence-electron chi connectivity index (χ4n) is 3.56. The first-order valence-corrected chi connectivity index (χ1v) is 10.5. The summed E-state index contributed by atoms with van der Waals surface area (Å²) in [5, 5.41) is 2.62. The zero-order valence-corrected chi connectivity index (χ0v) is 18.1. The molecule has 2 aromatic carbocycles. The van der Waals surface area contributed by atoms with Crippen LogP contribution in [0.3, 0.4) is 0 Å². The maximum atomic E-state index is 13.4. The summed E-state index contributed by atoms with van der Waals surface area (Å²) in [5.74, 6) is -1.44. The van der Waals surface area contributed by atoms with Crippen molar-refractivity contribution < 1.29 is 32.2 Å². The van der Waals surface area contributed by atoms with E-state index in [1.54, 1.807) is 54.6 Å². The standard InChI is InChI=1S/C24H25F3N2O4/c1-32-19-13-11-17(12-14-19)15-29(22(30)24(25,26)27)21-10-6-5-9-20(21)28-23(31)33-16-18-7-3-2-4-8-18/h2-4,7-8,10-14,20H,5-6,9,15-16H2,1H3,(H,28,31). The molecule has 1 unspecified atom stereocenters. The van der Waals surface area contributed by atoms with E-state index in [2.05, 4.69) is 5.32 Å². The van der Waals surface area contributed by atoms with E-state index in [-0.39, 0.29) is 18.8 Å². The minimum Gasteiger partial charge on any atom is -0.497 e. The zero-order valence-electron chi connectivity index (χ0n) is 18.1. The highest BCUT2D eigenvalue weighted by Crippen LogP contribution is 2.29. The Morgan fingerprint density at radius 2 is 1.76 bits per heavy atom. The Bertz CT molecular complexity index is 975. The van der Waals surface area contributed by atoms with Gasteiger partial charge < -0.3 is 19.7 Å². The third-order valence-corrected chi connectivity index (χ3v) is 5.21. The van der Waals surface area contributed by atoms with Crippen molar-refractivity contribution in [3.63, 3.8) is 0 Å². The Morgan fingerprint density at radius 3 is 2.39 bits per heavy atom. The van der Waals surface area contributed by atoms with Gasteiger partial charge in [0, 0.05) is 5.70 Å². The predicted molar refractivity (Wildman–Crippen MR) is 115 cm³/mol. The van der Waals surface area contributed by atoms with Gasteiger partial charge in [-0.1, -0.05) is 48.5 Å². The molecule has 0 fully saturated rings. The number of nitrogens with one attached hydrogen (secondary N) is 1. The molecule has 3 rings (SSSR count). The van der Waals surface area contributed by atoms with Gasteiger partial charge in [0.15, 0.2) is 0 Å². The van der Waals surface area contributed by atoms with Crippen LogP contribution >= 0.6 is 0 Å². The minimum absolute atomic E-state index is 0.0233. The number of hydrogen-bond donors (Lipinski definition) is 1. The number of hydrogen-bond acceptors (Lipinski definition) is 4. The molecule has 1 atom stereocenters. The lowest BCUT2D eigenvalue weighted by Gasteiger charge is -2.34. The maximum absolute atomic E-state index is 13.4. The molecule has 176 valence electrons. The number of carbonyl (C=O) groups is 2. The molecule has 2 aromatic rings. The number of halogens is 3. The van der Waals surface area contributed by atoms with E-state index in [1.165, 1.54) is 7.11 Å². The molecule has 0 spiro atoms. The van der Waals surface area contributed by atoms with Crippen molar-refractivity contribution in [2.45, 2.75) is 44.6 Å². The molecule has 0 aliphatic heterocycles. The van der Waals surface area contributed by atoms with Crippen molar-refractivity contribution in [2.24, 2.45) is 0 Å². The van der Waals surface area contributed by atoms with Crippen LogP contribution in [0.5, 0.6) is 5.75 Å². The minimum atomic E-state index is -5.07. The van der Waals surface area contributed by atoms with E-state index in [4.69, 9.17) is 9.47 Å². The van der Waals surface area contributed by atoms with Gasteiger partial charge in [-0.2, -0.15) is 13.2 Å².